The summed E-state index contributed by atoms with van der Waals surface area (Å²) in [5.74, 6) is 1.08. The third-order valence-electron chi connectivity index (χ3n) is 6.29. The molecule has 7 nitrogen and oxygen atoms in total. The van der Waals surface area contributed by atoms with E-state index in [9.17, 15) is 4.79 Å². The lowest BCUT2D eigenvalue weighted by atomic mass is 10.1. The summed E-state index contributed by atoms with van der Waals surface area (Å²) < 4.78 is 5.55. The first kappa shape index (κ1) is 23.1. The Balaban J connectivity index is 0.00000256. The minimum absolute atomic E-state index is 0. The Hall–Kier alpha value is -1.55. The molecule has 0 aromatic heterocycles. The van der Waals surface area contributed by atoms with Crippen LogP contribution >= 0.6 is 24.0 Å². The highest BCUT2D eigenvalue weighted by molar-refractivity contribution is 14.0. The van der Waals surface area contributed by atoms with E-state index in [4.69, 9.17) is 4.74 Å². The highest BCUT2D eigenvalue weighted by atomic mass is 127. The zero-order valence-corrected chi connectivity index (χ0v) is 20.4. The SMILES string of the molecule is CN=C(NCCN1c2ccccc2CC1C)N1CCN(C(=O)C2CCCO2)CC1.I. The van der Waals surface area contributed by atoms with Crippen molar-refractivity contribution in [3.63, 3.8) is 0 Å². The zero-order chi connectivity index (χ0) is 20.2. The second-order valence-electron chi connectivity index (χ2n) is 8.16. The number of hydrogen-bond acceptors (Lipinski definition) is 4. The number of hydrogen-bond donors (Lipinski definition) is 1. The van der Waals surface area contributed by atoms with E-state index in [1.807, 2.05) is 11.9 Å². The number of para-hydroxylation sites is 1. The summed E-state index contributed by atoms with van der Waals surface area (Å²) in [7, 11) is 1.83. The highest BCUT2D eigenvalue weighted by Gasteiger charge is 2.31. The quantitative estimate of drug-likeness (QED) is 0.369. The minimum Gasteiger partial charge on any atom is -0.368 e. The first-order valence-electron chi connectivity index (χ1n) is 10.9. The van der Waals surface area contributed by atoms with Crippen molar-refractivity contribution in [3.05, 3.63) is 29.8 Å². The number of carbonyl (C=O) groups excluding carboxylic acids is 1. The van der Waals surface area contributed by atoms with E-state index < -0.39 is 0 Å². The van der Waals surface area contributed by atoms with Gasteiger partial charge < -0.3 is 24.8 Å². The molecule has 166 valence electrons. The van der Waals surface area contributed by atoms with E-state index in [0.717, 1.165) is 64.5 Å². The Bertz CT molecular complexity index is 745. The van der Waals surface area contributed by atoms with Crippen LogP contribution in [0.2, 0.25) is 0 Å². The van der Waals surface area contributed by atoms with Gasteiger partial charge in [0.15, 0.2) is 5.96 Å². The number of guanidine groups is 1. The Morgan fingerprint density at radius 3 is 2.63 bits per heavy atom. The van der Waals surface area contributed by atoms with Crippen molar-refractivity contribution < 1.29 is 9.53 Å². The maximum Gasteiger partial charge on any atom is 0.251 e. The summed E-state index contributed by atoms with van der Waals surface area (Å²) in [5.41, 5.74) is 2.80. The Labute approximate surface area is 196 Å². The zero-order valence-electron chi connectivity index (χ0n) is 18.0. The molecule has 30 heavy (non-hydrogen) atoms. The van der Waals surface area contributed by atoms with Crippen LogP contribution in [-0.2, 0) is 16.0 Å². The summed E-state index contributed by atoms with van der Waals surface area (Å²) >= 11 is 0. The molecule has 3 aliphatic rings. The second kappa shape index (κ2) is 10.7. The van der Waals surface area contributed by atoms with Crippen molar-refractivity contribution in [3.8, 4) is 0 Å². The van der Waals surface area contributed by atoms with Crippen LogP contribution in [0.5, 0.6) is 0 Å². The number of nitrogens with one attached hydrogen (secondary N) is 1. The minimum atomic E-state index is -0.218. The third-order valence-corrected chi connectivity index (χ3v) is 6.29. The molecule has 4 rings (SSSR count). The van der Waals surface area contributed by atoms with Crippen LogP contribution in [0.1, 0.15) is 25.3 Å². The molecule has 3 heterocycles. The van der Waals surface area contributed by atoms with E-state index in [0.29, 0.717) is 12.6 Å². The van der Waals surface area contributed by atoms with Crippen LogP contribution in [0, 0.1) is 0 Å². The van der Waals surface area contributed by atoms with Gasteiger partial charge in [-0.25, -0.2) is 0 Å². The van der Waals surface area contributed by atoms with E-state index in [-0.39, 0.29) is 36.0 Å². The van der Waals surface area contributed by atoms with Gasteiger partial charge in [-0.05, 0) is 37.8 Å². The fourth-order valence-electron chi connectivity index (χ4n) is 4.71. The van der Waals surface area contributed by atoms with E-state index in [1.54, 1.807) is 0 Å². The number of piperazine rings is 1. The number of anilines is 1. The Morgan fingerprint density at radius 2 is 1.93 bits per heavy atom. The standard InChI is InChI=1S/C22H33N5O2.HI/c1-17-16-18-6-3-4-7-19(18)27(17)10-9-24-22(23-2)26-13-11-25(12-14-26)21(28)20-8-5-15-29-20;/h3-4,6-7,17,20H,5,8-16H2,1-2H3,(H,23,24);1H. The van der Waals surface area contributed by atoms with Crippen molar-refractivity contribution in [1.29, 1.82) is 0 Å². The molecule has 2 atom stereocenters. The maximum absolute atomic E-state index is 12.5. The highest BCUT2D eigenvalue weighted by Crippen LogP contribution is 2.31. The maximum atomic E-state index is 12.5. The van der Waals surface area contributed by atoms with E-state index in [2.05, 4.69) is 51.3 Å². The normalized spacial score (nSPS) is 23.9. The summed E-state index contributed by atoms with van der Waals surface area (Å²) in [6, 6.07) is 9.23. The van der Waals surface area contributed by atoms with Gasteiger partial charge in [0, 0.05) is 64.7 Å². The first-order chi connectivity index (χ1) is 14.2. The van der Waals surface area contributed by atoms with Crippen LogP contribution < -0.4 is 10.2 Å². The van der Waals surface area contributed by atoms with Crippen LogP contribution in [0.25, 0.3) is 0 Å². The number of fused-ring (bicyclic) bond motifs is 1. The van der Waals surface area contributed by atoms with Crippen LogP contribution in [0.15, 0.2) is 29.3 Å². The molecule has 0 spiro atoms. The lowest BCUT2D eigenvalue weighted by Gasteiger charge is -2.37. The molecule has 0 radical (unpaired) electrons. The molecular weight excluding hydrogens is 493 g/mol. The number of halogens is 1. The summed E-state index contributed by atoms with van der Waals surface area (Å²) in [5, 5.41) is 3.52. The smallest absolute Gasteiger partial charge is 0.251 e. The van der Waals surface area contributed by atoms with Crippen LogP contribution in [-0.4, -0.2) is 86.7 Å². The third kappa shape index (κ3) is 5.01. The number of rotatable bonds is 4. The molecular formula is C22H34IN5O2. The Morgan fingerprint density at radius 1 is 1.20 bits per heavy atom. The predicted molar refractivity (Wildman–Crippen MR) is 131 cm³/mol. The molecule has 3 aliphatic heterocycles. The summed E-state index contributed by atoms with van der Waals surface area (Å²) in [4.78, 5) is 23.7. The van der Waals surface area contributed by atoms with Gasteiger partial charge in [0.05, 0.1) is 0 Å². The van der Waals surface area contributed by atoms with Crippen molar-refractivity contribution >= 4 is 41.5 Å². The average Bonchev–Trinajstić information content (AvgIpc) is 3.39. The van der Waals surface area contributed by atoms with Gasteiger partial charge in [0.1, 0.15) is 6.10 Å². The van der Waals surface area contributed by atoms with Gasteiger partial charge >= 0.3 is 0 Å². The van der Waals surface area contributed by atoms with Gasteiger partial charge in [-0.1, -0.05) is 18.2 Å². The number of amides is 1. The first-order valence-corrected chi connectivity index (χ1v) is 10.9. The van der Waals surface area contributed by atoms with Gasteiger partial charge in [-0.15, -0.1) is 24.0 Å². The average molecular weight is 527 g/mol. The van der Waals surface area contributed by atoms with Crippen molar-refractivity contribution in [1.82, 2.24) is 15.1 Å². The molecule has 1 N–H and O–H groups in total. The van der Waals surface area contributed by atoms with E-state index >= 15 is 0 Å². The molecule has 8 heteroatoms. The van der Waals surface area contributed by atoms with Crippen molar-refractivity contribution in [2.45, 2.75) is 38.3 Å². The number of ether oxygens (including phenoxy) is 1. The fraction of sp³-hybridized carbons (Fsp3) is 0.636. The monoisotopic (exact) mass is 527 g/mol. The molecule has 2 fully saturated rings. The Kier molecular flexibility index (Phi) is 8.21. The lowest BCUT2D eigenvalue weighted by molar-refractivity contribution is -0.142. The molecule has 0 aliphatic carbocycles. The van der Waals surface area contributed by atoms with Gasteiger partial charge in [0.2, 0.25) is 0 Å². The molecule has 0 saturated carbocycles. The summed E-state index contributed by atoms with van der Waals surface area (Å²) in [6.07, 6.45) is 2.75. The second-order valence-corrected chi connectivity index (χ2v) is 8.16. The van der Waals surface area contributed by atoms with Crippen LogP contribution in [0.3, 0.4) is 0 Å². The largest absolute Gasteiger partial charge is 0.368 e. The summed E-state index contributed by atoms with van der Waals surface area (Å²) in [6.45, 7) is 7.88. The molecule has 1 aromatic carbocycles. The van der Waals surface area contributed by atoms with Crippen molar-refractivity contribution in [2.75, 3.05) is 57.8 Å². The lowest BCUT2D eigenvalue weighted by Crippen LogP contribution is -2.55. The van der Waals surface area contributed by atoms with Crippen LogP contribution in [0.4, 0.5) is 5.69 Å². The van der Waals surface area contributed by atoms with Crippen molar-refractivity contribution in [2.24, 2.45) is 4.99 Å². The van der Waals surface area contributed by atoms with Gasteiger partial charge in [0.25, 0.3) is 5.91 Å². The number of carbonyl (C=O) groups is 1. The predicted octanol–water partition coefficient (Wildman–Crippen LogP) is 1.95. The van der Waals surface area contributed by atoms with Gasteiger partial charge in [-0.2, -0.15) is 0 Å². The molecule has 1 amide bonds. The van der Waals surface area contributed by atoms with Gasteiger partial charge in [-0.3, -0.25) is 9.79 Å². The molecule has 2 saturated heterocycles. The molecule has 1 aromatic rings. The molecule has 0 bridgehead atoms. The molecule has 2 unspecified atom stereocenters. The van der Waals surface area contributed by atoms with E-state index in [1.165, 1.54) is 11.3 Å². The number of aliphatic imine (C=N–C) groups is 1. The fourth-order valence-corrected chi connectivity index (χ4v) is 4.71. The number of nitrogens with zero attached hydrogens (tertiary/aromatic N) is 4. The number of benzene rings is 1. The topological polar surface area (TPSA) is 60.4 Å².